The number of nitriles is 1. The highest BCUT2D eigenvalue weighted by Gasteiger charge is 2.50. The number of likely N-dealkylation sites (N-methyl/N-ethyl adjacent to an activating group) is 1. The second-order valence-corrected chi connectivity index (χ2v) is 15.5. The monoisotopic (exact) mass is 795 g/mol. The zero-order valence-electron chi connectivity index (χ0n) is 30.0. The Bertz CT molecular complexity index is 2220. The number of aromatic nitrogens is 2. The fraction of sp³-hybridized carbons (Fsp3) is 0.514. The van der Waals surface area contributed by atoms with Crippen LogP contribution in [0.1, 0.15) is 69.6 Å². The summed E-state index contributed by atoms with van der Waals surface area (Å²) in [5.41, 5.74) is -1.81. The summed E-state index contributed by atoms with van der Waals surface area (Å²) < 4.78 is 128. The number of fused-ring (bicyclic) bond motifs is 3. The van der Waals surface area contributed by atoms with Crippen LogP contribution in [-0.2, 0) is 17.1 Å². The Balaban J connectivity index is 1.53. The molecule has 294 valence electrons. The van der Waals surface area contributed by atoms with E-state index in [1.165, 1.54) is 0 Å². The van der Waals surface area contributed by atoms with Gasteiger partial charge < -0.3 is 20.3 Å². The number of alkyl halides is 7. The number of halogens is 8. The summed E-state index contributed by atoms with van der Waals surface area (Å²) >= 11 is 0.531. The van der Waals surface area contributed by atoms with Gasteiger partial charge in [-0.2, -0.15) is 41.6 Å². The number of benzene rings is 2. The van der Waals surface area contributed by atoms with Gasteiger partial charge in [0.05, 0.1) is 32.4 Å². The molecule has 3 saturated heterocycles. The molecule has 0 saturated carbocycles. The van der Waals surface area contributed by atoms with Crippen molar-refractivity contribution in [2.24, 2.45) is 0 Å². The first-order chi connectivity index (χ1) is 25.9. The van der Waals surface area contributed by atoms with Crippen LogP contribution in [0.5, 0.6) is 6.01 Å². The molecule has 2 N–H and O–H groups in total. The maximum absolute atomic E-state index is 15.7. The van der Waals surface area contributed by atoms with Crippen molar-refractivity contribution < 1.29 is 44.7 Å². The fourth-order valence-electron chi connectivity index (χ4n) is 8.81. The van der Waals surface area contributed by atoms with E-state index in [0.717, 1.165) is 18.6 Å². The Labute approximate surface area is 314 Å². The minimum atomic E-state index is -5.51. The van der Waals surface area contributed by atoms with E-state index in [4.69, 9.17) is 10.5 Å². The minimum Gasteiger partial charge on any atom is -0.461 e. The first-order valence-electron chi connectivity index (χ1n) is 17.9. The van der Waals surface area contributed by atoms with Gasteiger partial charge in [-0.15, -0.1) is 11.3 Å². The third-order valence-corrected chi connectivity index (χ3v) is 12.2. The average molecular weight is 796 g/mol. The normalized spacial score (nSPS) is 23.2. The lowest BCUT2D eigenvalue weighted by Crippen LogP contribution is -2.43. The molecular weight excluding hydrogens is 759 g/mol. The van der Waals surface area contributed by atoms with Gasteiger partial charge in [-0.1, -0.05) is 13.0 Å². The predicted octanol–water partition coefficient (Wildman–Crippen LogP) is 8.32. The van der Waals surface area contributed by atoms with Crippen LogP contribution in [0.3, 0.4) is 0 Å². The number of hydrogen-bond donors (Lipinski definition) is 1. The van der Waals surface area contributed by atoms with Gasteiger partial charge in [0.25, 0.3) is 0 Å². The Hall–Kier alpha value is -4.50. The van der Waals surface area contributed by atoms with E-state index in [-0.39, 0.29) is 66.6 Å². The number of anilines is 2. The van der Waals surface area contributed by atoms with Crippen LogP contribution < -0.4 is 15.4 Å². The minimum absolute atomic E-state index is 0.0705. The average Bonchev–Trinajstić information content (AvgIpc) is 3.86. The van der Waals surface area contributed by atoms with Crippen LogP contribution in [0.4, 0.5) is 45.9 Å². The van der Waals surface area contributed by atoms with E-state index < -0.39 is 86.0 Å². The quantitative estimate of drug-likeness (QED) is 0.177. The van der Waals surface area contributed by atoms with Gasteiger partial charge in [0.2, 0.25) is 5.91 Å². The van der Waals surface area contributed by atoms with Gasteiger partial charge in [-0.05, 0) is 57.4 Å². The molecule has 55 heavy (non-hydrogen) atoms. The molecule has 2 aromatic carbocycles. The summed E-state index contributed by atoms with van der Waals surface area (Å²) in [7, 11) is 0. The molecule has 18 heteroatoms. The van der Waals surface area contributed by atoms with Crippen LogP contribution in [0.2, 0.25) is 0 Å². The van der Waals surface area contributed by atoms with Crippen molar-refractivity contribution >= 4 is 49.1 Å². The maximum Gasteiger partial charge on any atom is 0.419 e. The summed E-state index contributed by atoms with van der Waals surface area (Å²) in [5, 5.41) is 8.53. The number of ether oxygens (including phenoxy) is 1. The zero-order chi connectivity index (χ0) is 39.8. The standard InChI is InChI=1S/C37H37F8N7O2S/c1-4-26(53)52-16-20(11-18(52)3)51(5-2)33-22-12-24(36(40,41)42)28(21-7-8-25(39)31-27(21)23(14-46)32(47)55-31)29(37(43,44)45)30(22)48-34(49-33)54-17-35-9-6-10-50(35)15-19(38)13-35/h7-8,12,18-20H,4-6,9-11,13,15-17,47H2,1-3H3/t18-,19-,20+,35+/m1/s1. The molecule has 4 aromatic rings. The molecule has 0 bridgehead atoms. The van der Waals surface area contributed by atoms with Crippen molar-refractivity contribution in [1.29, 1.82) is 5.26 Å². The molecular formula is C37H37F8N7O2S. The summed E-state index contributed by atoms with van der Waals surface area (Å²) in [6, 6.07) is 2.36. The van der Waals surface area contributed by atoms with E-state index in [2.05, 4.69) is 9.97 Å². The number of carbonyl (C=O) groups excluding carboxylic acids is 1. The number of amides is 1. The Morgan fingerprint density at radius 1 is 1.16 bits per heavy atom. The lowest BCUT2D eigenvalue weighted by atomic mass is 9.88. The van der Waals surface area contributed by atoms with Crippen molar-refractivity contribution in [3.8, 4) is 23.2 Å². The van der Waals surface area contributed by atoms with E-state index in [9.17, 15) is 14.4 Å². The fourth-order valence-corrected chi connectivity index (χ4v) is 9.76. The number of likely N-dealkylation sites (tertiary alicyclic amines) is 1. The van der Waals surface area contributed by atoms with E-state index in [0.29, 0.717) is 36.8 Å². The van der Waals surface area contributed by atoms with Gasteiger partial charge in [0.1, 0.15) is 35.5 Å². The van der Waals surface area contributed by atoms with Crippen LogP contribution >= 0.6 is 11.3 Å². The number of hydrogen-bond acceptors (Lipinski definition) is 9. The molecule has 4 atom stereocenters. The molecule has 0 spiro atoms. The molecule has 9 nitrogen and oxygen atoms in total. The second kappa shape index (κ2) is 13.9. The Morgan fingerprint density at radius 2 is 1.91 bits per heavy atom. The smallest absolute Gasteiger partial charge is 0.419 e. The molecule has 0 radical (unpaired) electrons. The number of nitrogens with zero attached hydrogens (tertiary/aromatic N) is 6. The highest BCUT2D eigenvalue weighted by Crippen LogP contribution is 2.52. The van der Waals surface area contributed by atoms with Gasteiger partial charge >= 0.3 is 18.4 Å². The SMILES string of the molecule is CCC(=O)N1C[C@@H](N(CC)c2nc(OC[C@@]34CCCN3C[C@H](F)C4)nc3c(C(F)(F)F)c(-c4ccc(F)c5sc(N)c(C#N)c45)c(C(F)(F)F)cc23)C[C@H]1C. The number of rotatable bonds is 8. The van der Waals surface area contributed by atoms with Crippen molar-refractivity contribution in [3.05, 3.63) is 40.7 Å². The van der Waals surface area contributed by atoms with Crippen molar-refractivity contribution in [1.82, 2.24) is 19.8 Å². The topological polar surface area (TPSA) is 112 Å². The molecule has 5 heterocycles. The van der Waals surface area contributed by atoms with Gasteiger partial charge in [0, 0.05) is 60.9 Å². The second-order valence-electron chi connectivity index (χ2n) is 14.4. The van der Waals surface area contributed by atoms with Crippen LogP contribution in [-0.4, -0.2) is 82.3 Å². The number of carbonyl (C=O) groups is 1. The molecule has 3 aliphatic rings. The third kappa shape index (κ3) is 6.56. The van der Waals surface area contributed by atoms with Gasteiger partial charge in [0.15, 0.2) is 0 Å². The van der Waals surface area contributed by atoms with Crippen LogP contribution in [0, 0.1) is 17.1 Å². The number of nitrogens with two attached hydrogens (primary N) is 1. The maximum atomic E-state index is 15.7. The number of thiophene rings is 1. The Kier molecular flexibility index (Phi) is 9.80. The molecule has 0 unspecified atom stereocenters. The summed E-state index contributed by atoms with van der Waals surface area (Å²) in [6.45, 7) is 5.95. The largest absolute Gasteiger partial charge is 0.461 e. The lowest BCUT2D eigenvalue weighted by Gasteiger charge is -2.32. The molecule has 3 fully saturated rings. The Morgan fingerprint density at radius 3 is 2.56 bits per heavy atom. The molecule has 1 amide bonds. The van der Waals surface area contributed by atoms with Gasteiger partial charge in [-0.3, -0.25) is 9.69 Å². The van der Waals surface area contributed by atoms with E-state index in [1.807, 2.05) is 11.8 Å². The van der Waals surface area contributed by atoms with E-state index in [1.54, 1.807) is 29.7 Å². The van der Waals surface area contributed by atoms with Crippen LogP contribution in [0.15, 0.2) is 18.2 Å². The summed E-state index contributed by atoms with van der Waals surface area (Å²) in [5.74, 6) is -1.42. The van der Waals surface area contributed by atoms with Crippen molar-refractivity contribution in [3.63, 3.8) is 0 Å². The summed E-state index contributed by atoms with van der Waals surface area (Å²) in [6.07, 6.45) is -10.1. The van der Waals surface area contributed by atoms with Crippen molar-refractivity contribution in [2.45, 2.75) is 89.0 Å². The van der Waals surface area contributed by atoms with Crippen molar-refractivity contribution in [2.75, 3.05) is 43.4 Å². The summed E-state index contributed by atoms with van der Waals surface area (Å²) in [4.78, 5) is 26.6. The van der Waals surface area contributed by atoms with E-state index >= 15 is 30.7 Å². The third-order valence-electron chi connectivity index (χ3n) is 11.2. The highest BCUT2D eigenvalue weighted by atomic mass is 32.1. The molecule has 2 aromatic heterocycles. The van der Waals surface area contributed by atoms with Crippen LogP contribution in [0.25, 0.3) is 32.1 Å². The predicted molar refractivity (Wildman–Crippen MR) is 191 cm³/mol. The first-order valence-corrected chi connectivity index (χ1v) is 18.8. The first kappa shape index (κ1) is 38.8. The highest BCUT2D eigenvalue weighted by molar-refractivity contribution is 7.23. The molecule has 7 rings (SSSR count). The van der Waals surface area contributed by atoms with Gasteiger partial charge in [-0.25, -0.2) is 8.78 Å². The molecule has 3 aliphatic heterocycles. The molecule has 0 aliphatic carbocycles. The zero-order valence-corrected chi connectivity index (χ0v) is 30.9. The number of nitrogen functional groups attached to an aromatic ring is 1. The lowest BCUT2D eigenvalue weighted by molar-refractivity contribution is -0.141.